The van der Waals surface area contributed by atoms with Gasteiger partial charge in [0.2, 0.25) is 5.82 Å². The lowest BCUT2D eigenvalue weighted by Crippen LogP contribution is -1.94. The molecular weight excluding hydrogens is 232 g/mol. The van der Waals surface area contributed by atoms with Crippen molar-refractivity contribution in [2.24, 2.45) is 0 Å². The third-order valence-corrected chi connectivity index (χ3v) is 2.20. The summed E-state index contributed by atoms with van der Waals surface area (Å²) in [4.78, 5) is 0. The van der Waals surface area contributed by atoms with Crippen LogP contribution in [0.1, 0.15) is 11.4 Å². The van der Waals surface area contributed by atoms with Crippen molar-refractivity contribution in [1.29, 1.82) is 5.26 Å². The van der Waals surface area contributed by atoms with Gasteiger partial charge in [-0.15, -0.1) is 10.2 Å². The lowest BCUT2D eigenvalue weighted by atomic mass is 10.2. The molecule has 0 aliphatic rings. The number of hydrogen-bond donors (Lipinski definition) is 3. The van der Waals surface area contributed by atoms with E-state index in [1.165, 1.54) is 6.20 Å². The van der Waals surface area contributed by atoms with Crippen molar-refractivity contribution in [3.63, 3.8) is 0 Å². The Hall–Kier alpha value is -2.72. The van der Waals surface area contributed by atoms with Crippen LogP contribution in [0.5, 0.6) is 0 Å². The fraction of sp³-hybridized carbons (Fsp3) is 0.0909. The van der Waals surface area contributed by atoms with Crippen molar-refractivity contribution in [1.82, 2.24) is 20.6 Å². The highest BCUT2D eigenvalue weighted by atomic mass is 16.3. The van der Waals surface area contributed by atoms with E-state index in [9.17, 15) is 0 Å². The number of aromatic amines is 1. The van der Waals surface area contributed by atoms with Crippen molar-refractivity contribution in [2.75, 3.05) is 5.32 Å². The first-order valence-corrected chi connectivity index (χ1v) is 5.14. The first-order chi connectivity index (χ1) is 8.83. The monoisotopic (exact) mass is 242 g/mol. The third kappa shape index (κ3) is 2.69. The van der Waals surface area contributed by atoms with Gasteiger partial charge in [0.25, 0.3) is 0 Å². The number of aliphatic hydroxyl groups excluding tert-OH is 1. The van der Waals surface area contributed by atoms with Crippen LogP contribution in [0, 0.1) is 11.3 Å². The molecule has 0 radical (unpaired) electrons. The number of anilines is 1. The van der Waals surface area contributed by atoms with Crippen molar-refractivity contribution in [3.05, 3.63) is 41.9 Å². The Bertz CT molecular complexity index is 584. The van der Waals surface area contributed by atoms with Gasteiger partial charge in [0.15, 0.2) is 0 Å². The highest BCUT2D eigenvalue weighted by molar-refractivity contribution is 5.74. The van der Waals surface area contributed by atoms with E-state index in [1.54, 1.807) is 12.1 Å². The molecule has 7 nitrogen and oxygen atoms in total. The standard InChI is InChI=1S/C11H10N6O/c12-5-9(11-14-16-17-15-11)6-13-10-3-1-2-8(4-10)7-18/h1-4,6,13,18H,7H2,(H,14,15,16,17). The van der Waals surface area contributed by atoms with E-state index in [0.29, 0.717) is 0 Å². The number of hydrogen-bond acceptors (Lipinski definition) is 6. The first-order valence-electron chi connectivity index (χ1n) is 5.14. The molecule has 0 bridgehead atoms. The van der Waals surface area contributed by atoms with Gasteiger partial charge in [-0.25, -0.2) is 0 Å². The molecule has 90 valence electrons. The summed E-state index contributed by atoms with van der Waals surface area (Å²) in [6.45, 7) is -0.0326. The number of H-pyrrole nitrogens is 1. The second kappa shape index (κ2) is 5.56. The molecule has 0 saturated heterocycles. The maximum atomic E-state index is 9.01. The lowest BCUT2D eigenvalue weighted by Gasteiger charge is -2.02. The van der Waals surface area contributed by atoms with E-state index < -0.39 is 0 Å². The predicted molar refractivity (Wildman–Crippen MR) is 63.8 cm³/mol. The average Bonchev–Trinajstić information content (AvgIpc) is 2.94. The minimum atomic E-state index is -0.0326. The number of aromatic nitrogens is 4. The largest absolute Gasteiger partial charge is 0.392 e. The number of allylic oxidation sites excluding steroid dienone is 1. The zero-order valence-corrected chi connectivity index (χ0v) is 9.33. The quantitative estimate of drug-likeness (QED) is 0.679. The van der Waals surface area contributed by atoms with Gasteiger partial charge in [-0.3, -0.25) is 0 Å². The number of tetrazole rings is 1. The predicted octanol–water partition coefficient (Wildman–Crippen LogP) is 0.669. The summed E-state index contributed by atoms with van der Waals surface area (Å²) in [6.07, 6.45) is 1.49. The minimum Gasteiger partial charge on any atom is -0.392 e. The number of aliphatic hydroxyl groups is 1. The van der Waals surface area contributed by atoms with Crippen LogP contribution in [0.25, 0.3) is 5.57 Å². The molecule has 0 aliphatic heterocycles. The van der Waals surface area contributed by atoms with Crippen molar-refractivity contribution < 1.29 is 5.11 Å². The summed E-state index contributed by atoms with van der Waals surface area (Å²) >= 11 is 0. The van der Waals surface area contributed by atoms with E-state index in [4.69, 9.17) is 10.4 Å². The molecular formula is C11H10N6O. The van der Waals surface area contributed by atoms with Gasteiger partial charge in [-0.2, -0.15) is 10.5 Å². The van der Waals surface area contributed by atoms with Crippen LogP contribution < -0.4 is 5.32 Å². The van der Waals surface area contributed by atoms with E-state index in [-0.39, 0.29) is 18.0 Å². The Kier molecular flexibility index (Phi) is 3.63. The van der Waals surface area contributed by atoms with E-state index in [0.717, 1.165) is 11.3 Å². The molecule has 18 heavy (non-hydrogen) atoms. The van der Waals surface area contributed by atoms with Crippen molar-refractivity contribution in [2.45, 2.75) is 6.61 Å². The molecule has 7 heteroatoms. The van der Waals surface area contributed by atoms with Crippen LogP contribution in [-0.4, -0.2) is 25.7 Å². The van der Waals surface area contributed by atoms with Gasteiger partial charge in [-0.1, -0.05) is 12.1 Å². The lowest BCUT2D eigenvalue weighted by molar-refractivity contribution is 0.282. The maximum Gasteiger partial charge on any atom is 0.216 e. The van der Waals surface area contributed by atoms with Gasteiger partial charge >= 0.3 is 0 Å². The summed E-state index contributed by atoms with van der Waals surface area (Å²) < 4.78 is 0. The number of nitrogens with one attached hydrogen (secondary N) is 2. The van der Waals surface area contributed by atoms with Crippen LogP contribution in [0.4, 0.5) is 5.69 Å². The van der Waals surface area contributed by atoms with Gasteiger partial charge in [0.1, 0.15) is 11.6 Å². The Morgan fingerprint density at radius 3 is 3.11 bits per heavy atom. The molecule has 0 saturated carbocycles. The number of benzene rings is 1. The number of nitrogens with zero attached hydrogens (tertiary/aromatic N) is 4. The van der Waals surface area contributed by atoms with Crippen LogP contribution in [0.3, 0.4) is 0 Å². The zero-order chi connectivity index (χ0) is 12.8. The van der Waals surface area contributed by atoms with E-state index in [2.05, 4.69) is 25.9 Å². The van der Waals surface area contributed by atoms with Crippen molar-refractivity contribution >= 4 is 11.3 Å². The van der Waals surface area contributed by atoms with Crippen LogP contribution in [-0.2, 0) is 6.61 Å². The molecule has 0 aliphatic carbocycles. The minimum absolute atomic E-state index is 0.0326. The fourth-order valence-electron chi connectivity index (χ4n) is 1.34. The molecule has 0 amide bonds. The maximum absolute atomic E-state index is 9.01. The molecule has 1 aromatic heterocycles. The summed E-state index contributed by atoms with van der Waals surface area (Å²) in [5.74, 6) is 0.225. The molecule has 3 N–H and O–H groups in total. The summed E-state index contributed by atoms with van der Waals surface area (Å²) in [5.41, 5.74) is 1.81. The molecule has 0 fully saturated rings. The summed E-state index contributed by atoms with van der Waals surface area (Å²) in [7, 11) is 0. The molecule has 2 aromatic rings. The Morgan fingerprint density at radius 1 is 1.56 bits per heavy atom. The van der Waals surface area contributed by atoms with Crippen LogP contribution >= 0.6 is 0 Å². The normalized spacial score (nSPS) is 11.0. The SMILES string of the molecule is N#CC(=CNc1cccc(CO)c1)c1nn[nH]n1. The second-order valence-corrected chi connectivity index (χ2v) is 3.41. The smallest absolute Gasteiger partial charge is 0.216 e. The van der Waals surface area contributed by atoms with Gasteiger partial charge in [-0.05, 0) is 22.9 Å². The topological polar surface area (TPSA) is 111 Å². The number of nitriles is 1. The Balaban J connectivity index is 2.16. The Morgan fingerprint density at radius 2 is 2.44 bits per heavy atom. The van der Waals surface area contributed by atoms with E-state index >= 15 is 0 Å². The molecule has 0 unspecified atom stereocenters. The number of rotatable bonds is 4. The van der Waals surface area contributed by atoms with E-state index in [1.807, 2.05) is 18.2 Å². The molecule has 2 rings (SSSR count). The molecule has 1 heterocycles. The van der Waals surface area contributed by atoms with Gasteiger partial charge < -0.3 is 10.4 Å². The third-order valence-electron chi connectivity index (χ3n) is 2.20. The first kappa shape index (κ1) is 11.8. The average molecular weight is 242 g/mol. The zero-order valence-electron chi connectivity index (χ0n) is 9.33. The fourth-order valence-corrected chi connectivity index (χ4v) is 1.34. The summed E-state index contributed by atoms with van der Waals surface area (Å²) in [6, 6.07) is 9.18. The molecule has 0 spiro atoms. The van der Waals surface area contributed by atoms with Gasteiger partial charge in [0.05, 0.1) is 6.61 Å². The van der Waals surface area contributed by atoms with Crippen LogP contribution in [0.15, 0.2) is 30.5 Å². The summed E-state index contributed by atoms with van der Waals surface area (Å²) in [5, 5.41) is 34.0. The Labute approximate surface area is 103 Å². The molecule has 1 aromatic carbocycles. The van der Waals surface area contributed by atoms with Crippen LogP contribution in [0.2, 0.25) is 0 Å². The second-order valence-electron chi connectivity index (χ2n) is 3.41. The van der Waals surface area contributed by atoms with Gasteiger partial charge in [0, 0.05) is 11.9 Å². The highest BCUT2D eigenvalue weighted by Gasteiger charge is 2.05. The molecule has 0 atom stereocenters. The highest BCUT2D eigenvalue weighted by Crippen LogP contribution is 2.12. The van der Waals surface area contributed by atoms with Crippen molar-refractivity contribution in [3.8, 4) is 6.07 Å².